The van der Waals surface area contributed by atoms with E-state index in [1.807, 2.05) is 24.3 Å². The number of hydrogen-bond donors (Lipinski definition) is 1. The van der Waals surface area contributed by atoms with Gasteiger partial charge in [-0.25, -0.2) is 0 Å². The number of benzene rings is 1. The molecule has 1 heterocycles. The van der Waals surface area contributed by atoms with E-state index >= 15 is 0 Å². The molecule has 1 amide bonds. The Bertz CT molecular complexity index is 513. The van der Waals surface area contributed by atoms with Crippen LogP contribution in [0.25, 0.3) is 10.1 Å². The summed E-state index contributed by atoms with van der Waals surface area (Å²) in [6, 6.07) is 8.05. The van der Waals surface area contributed by atoms with Crippen LogP contribution in [0.5, 0.6) is 0 Å². The summed E-state index contributed by atoms with van der Waals surface area (Å²) in [5.74, 6) is 0.00329. The number of thiophene rings is 1. The molecule has 2 N–H and O–H groups in total. The normalized spacial score (nSPS) is 11.1. The number of primary amides is 1. The minimum absolute atomic E-state index is 0.320. The topological polar surface area (TPSA) is 43.1 Å². The third-order valence-electron chi connectivity index (χ3n) is 2.44. The fourth-order valence-corrected chi connectivity index (χ4v) is 3.03. The average molecular weight is 219 g/mol. The fourth-order valence-electron chi connectivity index (χ4n) is 1.82. The summed E-state index contributed by atoms with van der Waals surface area (Å²) in [6.07, 6.45) is 0. The van der Waals surface area contributed by atoms with Crippen LogP contribution in [0, 0.1) is 0 Å². The molecular formula is C12H13NOS. The monoisotopic (exact) mass is 219 g/mol. The van der Waals surface area contributed by atoms with Crippen LogP contribution in [0.1, 0.15) is 35.0 Å². The third-order valence-corrected chi connectivity index (χ3v) is 3.64. The largest absolute Gasteiger partial charge is 0.365 e. The van der Waals surface area contributed by atoms with Crippen LogP contribution in [-0.2, 0) is 0 Å². The van der Waals surface area contributed by atoms with E-state index in [9.17, 15) is 4.79 Å². The van der Waals surface area contributed by atoms with Gasteiger partial charge in [0.1, 0.15) is 0 Å². The van der Waals surface area contributed by atoms with Gasteiger partial charge >= 0.3 is 0 Å². The van der Waals surface area contributed by atoms with Crippen molar-refractivity contribution in [3.63, 3.8) is 0 Å². The van der Waals surface area contributed by atoms with Gasteiger partial charge in [0.15, 0.2) is 0 Å². The standard InChI is InChI=1S/C12H13NOS/c1-7(2)10-8-5-3-4-6-9(8)15-11(10)12(13)14/h3-7H,1-2H3,(H2,13,14). The quantitative estimate of drug-likeness (QED) is 0.828. The van der Waals surface area contributed by atoms with E-state index in [4.69, 9.17) is 5.73 Å². The van der Waals surface area contributed by atoms with Gasteiger partial charge < -0.3 is 5.73 Å². The van der Waals surface area contributed by atoms with Crippen LogP contribution in [0.4, 0.5) is 0 Å². The highest BCUT2D eigenvalue weighted by Gasteiger charge is 2.17. The zero-order chi connectivity index (χ0) is 11.0. The molecule has 0 aliphatic carbocycles. The van der Waals surface area contributed by atoms with E-state index in [2.05, 4.69) is 13.8 Å². The average Bonchev–Trinajstić information content (AvgIpc) is 2.56. The van der Waals surface area contributed by atoms with Gasteiger partial charge in [0.2, 0.25) is 0 Å². The second-order valence-corrected chi connectivity index (χ2v) is 4.91. The van der Waals surface area contributed by atoms with E-state index in [1.54, 1.807) is 0 Å². The van der Waals surface area contributed by atoms with Gasteiger partial charge in [-0.2, -0.15) is 0 Å². The molecule has 0 aliphatic rings. The molecule has 2 rings (SSSR count). The number of carbonyl (C=O) groups is 1. The van der Waals surface area contributed by atoms with Crippen LogP contribution in [0.2, 0.25) is 0 Å². The maximum absolute atomic E-state index is 11.3. The molecule has 2 aromatic rings. The summed E-state index contributed by atoms with van der Waals surface area (Å²) >= 11 is 1.49. The lowest BCUT2D eigenvalue weighted by Gasteiger charge is -2.05. The Morgan fingerprint density at radius 1 is 1.33 bits per heavy atom. The molecule has 0 unspecified atom stereocenters. The van der Waals surface area contributed by atoms with E-state index < -0.39 is 0 Å². The maximum Gasteiger partial charge on any atom is 0.259 e. The van der Waals surface area contributed by atoms with Crippen LogP contribution in [0.15, 0.2) is 24.3 Å². The molecule has 1 aromatic carbocycles. The Kier molecular flexibility index (Phi) is 2.49. The molecule has 3 heteroatoms. The molecule has 0 atom stereocenters. The SMILES string of the molecule is CC(C)c1c(C(N)=O)sc2ccccc12. The van der Waals surface area contributed by atoms with Crippen molar-refractivity contribution in [3.05, 3.63) is 34.7 Å². The summed E-state index contributed by atoms with van der Waals surface area (Å²) in [6.45, 7) is 4.17. The molecule has 0 aliphatic heterocycles. The Morgan fingerprint density at radius 2 is 2.00 bits per heavy atom. The van der Waals surface area contributed by atoms with Gasteiger partial charge in [0, 0.05) is 4.70 Å². The van der Waals surface area contributed by atoms with Gasteiger partial charge in [0.05, 0.1) is 4.88 Å². The number of amides is 1. The first-order valence-electron chi connectivity index (χ1n) is 4.92. The summed E-state index contributed by atoms with van der Waals surface area (Å²) in [7, 11) is 0. The van der Waals surface area contributed by atoms with Gasteiger partial charge in [-0.15, -0.1) is 11.3 Å². The number of rotatable bonds is 2. The van der Waals surface area contributed by atoms with Crippen molar-refractivity contribution >= 4 is 27.3 Å². The van der Waals surface area contributed by atoms with Crippen molar-refractivity contribution in [1.29, 1.82) is 0 Å². The van der Waals surface area contributed by atoms with Crippen LogP contribution < -0.4 is 5.73 Å². The smallest absolute Gasteiger partial charge is 0.259 e. The zero-order valence-corrected chi connectivity index (χ0v) is 9.60. The Balaban J connectivity index is 2.80. The Hall–Kier alpha value is -1.35. The molecule has 1 aromatic heterocycles. The summed E-state index contributed by atoms with van der Waals surface area (Å²) in [4.78, 5) is 12.0. The number of hydrogen-bond acceptors (Lipinski definition) is 2. The van der Waals surface area contributed by atoms with Crippen molar-refractivity contribution in [1.82, 2.24) is 0 Å². The van der Waals surface area contributed by atoms with Crippen LogP contribution in [-0.4, -0.2) is 5.91 Å². The highest BCUT2D eigenvalue weighted by Crippen LogP contribution is 2.35. The molecule has 0 spiro atoms. The first-order chi connectivity index (χ1) is 7.11. The number of nitrogens with two attached hydrogens (primary N) is 1. The van der Waals surface area contributed by atoms with E-state index in [-0.39, 0.29) is 5.91 Å². The molecule has 0 fully saturated rings. The lowest BCUT2D eigenvalue weighted by Crippen LogP contribution is -2.11. The van der Waals surface area contributed by atoms with Crippen molar-refractivity contribution in [2.75, 3.05) is 0 Å². The Morgan fingerprint density at radius 3 is 2.60 bits per heavy atom. The number of carbonyl (C=O) groups excluding carboxylic acids is 1. The third kappa shape index (κ3) is 1.63. The predicted molar refractivity (Wildman–Crippen MR) is 64.4 cm³/mol. The van der Waals surface area contributed by atoms with Gasteiger partial charge in [-0.1, -0.05) is 32.0 Å². The highest BCUT2D eigenvalue weighted by molar-refractivity contribution is 7.21. The molecular weight excluding hydrogens is 206 g/mol. The molecule has 15 heavy (non-hydrogen) atoms. The van der Waals surface area contributed by atoms with Crippen molar-refractivity contribution < 1.29 is 4.79 Å². The lowest BCUT2D eigenvalue weighted by molar-refractivity contribution is 0.100. The molecule has 0 bridgehead atoms. The lowest BCUT2D eigenvalue weighted by atomic mass is 9.99. The maximum atomic E-state index is 11.3. The number of fused-ring (bicyclic) bond motifs is 1. The second-order valence-electron chi connectivity index (χ2n) is 3.86. The highest BCUT2D eigenvalue weighted by atomic mass is 32.1. The fraction of sp³-hybridized carbons (Fsp3) is 0.250. The molecule has 0 radical (unpaired) electrons. The van der Waals surface area contributed by atoms with E-state index in [1.165, 1.54) is 11.3 Å². The minimum Gasteiger partial charge on any atom is -0.365 e. The second kappa shape index (κ2) is 3.66. The van der Waals surface area contributed by atoms with Gasteiger partial charge in [-0.3, -0.25) is 4.79 Å². The van der Waals surface area contributed by atoms with Crippen LogP contribution >= 0.6 is 11.3 Å². The molecule has 0 saturated carbocycles. The van der Waals surface area contributed by atoms with Gasteiger partial charge in [-0.05, 0) is 22.9 Å². The first kappa shape index (κ1) is 10.2. The van der Waals surface area contributed by atoms with Crippen molar-refractivity contribution in [2.45, 2.75) is 19.8 Å². The van der Waals surface area contributed by atoms with Crippen LogP contribution in [0.3, 0.4) is 0 Å². The molecule has 2 nitrogen and oxygen atoms in total. The zero-order valence-electron chi connectivity index (χ0n) is 8.78. The van der Waals surface area contributed by atoms with Crippen molar-refractivity contribution in [3.8, 4) is 0 Å². The summed E-state index contributed by atoms with van der Waals surface area (Å²) in [5, 5.41) is 1.16. The van der Waals surface area contributed by atoms with Crippen molar-refractivity contribution in [2.24, 2.45) is 5.73 Å². The Labute approximate surface area is 92.7 Å². The molecule has 0 saturated heterocycles. The van der Waals surface area contributed by atoms with E-state index in [0.717, 1.165) is 15.6 Å². The summed E-state index contributed by atoms with van der Waals surface area (Å²) < 4.78 is 1.13. The first-order valence-corrected chi connectivity index (χ1v) is 5.74. The minimum atomic E-state index is -0.320. The van der Waals surface area contributed by atoms with E-state index in [0.29, 0.717) is 10.8 Å². The molecule has 78 valence electrons. The van der Waals surface area contributed by atoms with Gasteiger partial charge in [0.25, 0.3) is 5.91 Å². The summed E-state index contributed by atoms with van der Waals surface area (Å²) in [5.41, 5.74) is 6.47. The predicted octanol–water partition coefficient (Wildman–Crippen LogP) is 3.12.